The van der Waals surface area contributed by atoms with Crippen LogP contribution in [-0.2, 0) is 0 Å². The smallest absolute Gasteiger partial charge is 0.173 e. The standard InChI is InChI=1S/C9H9BrF2O/c1-5(2)13-6-3-7(10)9(12)8(11)4-6/h3-5H,1-2H3. The van der Waals surface area contributed by atoms with Crippen molar-refractivity contribution < 1.29 is 13.5 Å². The van der Waals surface area contributed by atoms with Crippen molar-refractivity contribution in [3.63, 3.8) is 0 Å². The Morgan fingerprint density at radius 3 is 2.38 bits per heavy atom. The molecule has 0 aromatic heterocycles. The van der Waals surface area contributed by atoms with Crippen molar-refractivity contribution in [1.82, 2.24) is 0 Å². The van der Waals surface area contributed by atoms with E-state index in [2.05, 4.69) is 15.9 Å². The molecule has 0 heterocycles. The summed E-state index contributed by atoms with van der Waals surface area (Å²) in [5, 5.41) is 0. The van der Waals surface area contributed by atoms with Gasteiger partial charge >= 0.3 is 0 Å². The van der Waals surface area contributed by atoms with E-state index in [4.69, 9.17) is 4.74 Å². The summed E-state index contributed by atoms with van der Waals surface area (Å²) in [6, 6.07) is 2.43. The Hall–Kier alpha value is -0.640. The van der Waals surface area contributed by atoms with E-state index in [0.29, 0.717) is 5.75 Å². The van der Waals surface area contributed by atoms with E-state index in [-0.39, 0.29) is 10.6 Å². The molecule has 72 valence electrons. The average Bonchev–Trinajstić information content (AvgIpc) is 1.98. The maximum Gasteiger partial charge on any atom is 0.173 e. The molecule has 0 saturated carbocycles. The van der Waals surface area contributed by atoms with Crippen molar-refractivity contribution in [3.05, 3.63) is 28.2 Å². The first-order valence-corrected chi connectivity index (χ1v) is 4.61. The second-order valence-corrected chi connectivity index (χ2v) is 3.72. The molecule has 0 saturated heterocycles. The van der Waals surface area contributed by atoms with Gasteiger partial charge < -0.3 is 4.74 Å². The van der Waals surface area contributed by atoms with Crippen LogP contribution in [0.5, 0.6) is 5.75 Å². The minimum Gasteiger partial charge on any atom is -0.491 e. The molecule has 0 bridgehead atoms. The zero-order chi connectivity index (χ0) is 10.0. The van der Waals surface area contributed by atoms with Crippen molar-refractivity contribution in [3.8, 4) is 5.75 Å². The quantitative estimate of drug-likeness (QED) is 0.731. The highest BCUT2D eigenvalue weighted by atomic mass is 79.9. The van der Waals surface area contributed by atoms with Gasteiger partial charge in [0.05, 0.1) is 10.6 Å². The molecule has 0 aliphatic carbocycles. The van der Waals surface area contributed by atoms with Crippen LogP contribution in [0.1, 0.15) is 13.8 Å². The summed E-state index contributed by atoms with van der Waals surface area (Å²) in [4.78, 5) is 0. The van der Waals surface area contributed by atoms with Crippen molar-refractivity contribution in [2.24, 2.45) is 0 Å². The molecular weight excluding hydrogens is 242 g/mol. The van der Waals surface area contributed by atoms with Gasteiger partial charge in [0, 0.05) is 6.07 Å². The molecule has 0 amide bonds. The Morgan fingerprint density at radius 2 is 1.92 bits per heavy atom. The van der Waals surface area contributed by atoms with Crippen molar-refractivity contribution >= 4 is 15.9 Å². The second kappa shape index (κ2) is 4.05. The van der Waals surface area contributed by atoms with E-state index in [1.165, 1.54) is 6.07 Å². The first-order valence-electron chi connectivity index (χ1n) is 3.82. The van der Waals surface area contributed by atoms with Gasteiger partial charge in [0.2, 0.25) is 0 Å². The summed E-state index contributed by atoms with van der Waals surface area (Å²) in [6.45, 7) is 3.63. The normalized spacial score (nSPS) is 10.6. The van der Waals surface area contributed by atoms with Crippen LogP contribution in [0.4, 0.5) is 8.78 Å². The number of ether oxygens (including phenoxy) is 1. The van der Waals surface area contributed by atoms with E-state index < -0.39 is 11.6 Å². The second-order valence-electron chi connectivity index (χ2n) is 2.87. The van der Waals surface area contributed by atoms with Crippen LogP contribution in [0, 0.1) is 11.6 Å². The summed E-state index contributed by atoms with van der Waals surface area (Å²) in [7, 11) is 0. The summed E-state index contributed by atoms with van der Waals surface area (Å²) in [5.74, 6) is -1.48. The first kappa shape index (κ1) is 10.4. The van der Waals surface area contributed by atoms with Crippen LogP contribution in [0.25, 0.3) is 0 Å². The maximum absolute atomic E-state index is 12.8. The molecule has 0 N–H and O–H groups in total. The molecule has 1 aromatic rings. The maximum atomic E-state index is 12.8. The lowest BCUT2D eigenvalue weighted by molar-refractivity contribution is 0.240. The lowest BCUT2D eigenvalue weighted by atomic mass is 10.3. The average molecular weight is 251 g/mol. The van der Waals surface area contributed by atoms with Gasteiger partial charge in [-0.05, 0) is 35.8 Å². The zero-order valence-electron chi connectivity index (χ0n) is 7.27. The van der Waals surface area contributed by atoms with Crippen LogP contribution < -0.4 is 4.74 Å². The van der Waals surface area contributed by atoms with Gasteiger partial charge in [0.1, 0.15) is 5.75 Å². The third-order valence-electron chi connectivity index (χ3n) is 1.33. The third-order valence-corrected chi connectivity index (χ3v) is 1.91. The first-order chi connectivity index (χ1) is 6.00. The predicted molar refractivity (Wildman–Crippen MR) is 49.8 cm³/mol. The Morgan fingerprint density at radius 1 is 1.31 bits per heavy atom. The minimum atomic E-state index is -0.912. The van der Waals surface area contributed by atoms with E-state index >= 15 is 0 Å². The fourth-order valence-electron chi connectivity index (χ4n) is 0.872. The fourth-order valence-corrected chi connectivity index (χ4v) is 1.29. The lowest BCUT2D eigenvalue weighted by Gasteiger charge is -2.10. The monoisotopic (exact) mass is 250 g/mol. The van der Waals surface area contributed by atoms with Crippen molar-refractivity contribution in [2.75, 3.05) is 0 Å². The predicted octanol–water partition coefficient (Wildman–Crippen LogP) is 3.51. The summed E-state index contributed by atoms with van der Waals surface area (Å²) in [6.07, 6.45) is -0.0586. The lowest BCUT2D eigenvalue weighted by Crippen LogP contribution is -2.06. The molecule has 4 heteroatoms. The van der Waals surface area contributed by atoms with Crippen LogP contribution in [0.15, 0.2) is 16.6 Å². The number of hydrogen-bond donors (Lipinski definition) is 0. The summed E-state index contributed by atoms with van der Waals surface area (Å²) >= 11 is 2.89. The Kier molecular flexibility index (Phi) is 3.25. The highest BCUT2D eigenvalue weighted by molar-refractivity contribution is 9.10. The summed E-state index contributed by atoms with van der Waals surface area (Å²) in [5.41, 5.74) is 0. The van der Waals surface area contributed by atoms with Gasteiger partial charge in [-0.25, -0.2) is 8.78 Å². The Balaban J connectivity index is 2.99. The van der Waals surface area contributed by atoms with Crippen molar-refractivity contribution in [1.29, 1.82) is 0 Å². The van der Waals surface area contributed by atoms with Crippen LogP contribution in [0.2, 0.25) is 0 Å². The van der Waals surface area contributed by atoms with Gasteiger partial charge in [-0.3, -0.25) is 0 Å². The Bertz CT molecular complexity index is 289. The Labute approximate surface area is 83.8 Å². The molecule has 0 fully saturated rings. The minimum absolute atomic E-state index is 0.0586. The van der Waals surface area contributed by atoms with Crippen LogP contribution >= 0.6 is 15.9 Å². The molecule has 1 nitrogen and oxygen atoms in total. The molecular formula is C9H9BrF2O. The fraction of sp³-hybridized carbons (Fsp3) is 0.333. The van der Waals surface area contributed by atoms with Gasteiger partial charge in [0.15, 0.2) is 11.6 Å². The third kappa shape index (κ3) is 2.66. The van der Waals surface area contributed by atoms with Gasteiger partial charge in [-0.1, -0.05) is 0 Å². The van der Waals surface area contributed by atoms with Gasteiger partial charge in [-0.2, -0.15) is 0 Å². The number of halogens is 3. The molecule has 0 unspecified atom stereocenters. The van der Waals surface area contributed by atoms with E-state index in [1.807, 2.05) is 13.8 Å². The van der Waals surface area contributed by atoms with Crippen molar-refractivity contribution in [2.45, 2.75) is 20.0 Å². The van der Waals surface area contributed by atoms with Gasteiger partial charge in [0.25, 0.3) is 0 Å². The van der Waals surface area contributed by atoms with E-state index in [9.17, 15) is 8.78 Å². The largest absolute Gasteiger partial charge is 0.491 e. The number of rotatable bonds is 2. The number of hydrogen-bond acceptors (Lipinski definition) is 1. The molecule has 0 atom stereocenters. The van der Waals surface area contributed by atoms with Gasteiger partial charge in [-0.15, -0.1) is 0 Å². The highest BCUT2D eigenvalue weighted by Crippen LogP contribution is 2.25. The molecule has 0 spiro atoms. The molecule has 0 aliphatic heterocycles. The SMILES string of the molecule is CC(C)Oc1cc(F)c(F)c(Br)c1. The van der Waals surface area contributed by atoms with E-state index in [0.717, 1.165) is 6.07 Å². The topological polar surface area (TPSA) is 9.23 Å². The molecule has 0 radical (unpaired) electrons. The number of benzene rings is 1. The van der Waals surface area contributed by atoms with E-state index in [1.54, 1.807) is 0 Å². The molecule has 1 rings (SSSR count). The molecule has 13 heavy (non-hydrogen) atoms. The molecule has 0 aliphatic rings. The highest BCUT2D eigenvalue weighted by Gasteiger charge is 2.09. The van der Waals surface area contributed by atoms with Crippen LogP contribution in [0.3, 0.4) is 0 Å². The zero-order valence-corrected chi connectivity index (χ0v) is 8.86. The van der Waals surface area contributed by atoms with Crippen LogP contribution in [-0.4, -0.2) is 6.10 Å². The summed E-state index contributed by atoms with van der Waals surface area (Å²) < 4.78 is 30.8. The molecule has 1 aromatic carbocycles.